The highest BCUT2D eigenvalue weighted by Gasteiger charge is 2.29. The Morgan fingerprint density at radius 1 is 0.958 bits per heavy atom. The Morgan fingerprint density at radius 2 is 1.67 bits per heavy atom. The fourth-order valence-electron chi connectivity index (χ4n) is 2.76. The summed E-state index contributed by atoms with van der Waals surface area (Å²) in [5.41, 5.74) is 1.28. The van der Waals surface area contributed by atoms with Gasteiger partial charge >= 0.3 is 0 Å². The molecule has 0 bridgehead atoms. The van der Waals surface area contributed by atoms with E-state index in [1.54, 1.807) is 38.5 Å². The number of para-hydroxylation sites is 1. The van der Waals surface area contributed by atoms with Crippen molar-refractivity contribution < 1.29 is 19.0 Å². The summed E-state index contributed by atoms with van der Waals surface area (Å²) < 4.78 is 16.8. The van der Waals surface area contributed by atoms with E-state index < -0.39 is 5.60 Å². The van der Waals surface area contributed by atoms with Gasteiger partial charge in [-0.15, -0.1) is 0 Å². The molecule has 0 amide bonds. The Balaban J connectivity index is 2.16. The number of ether oxygens (including phenoxy) is 3. The molecule has 3 rings (SSSR count). The fraction of sp³-hybridized carbons (Fsp3) is 0.250. The molecule has 0 spiro atoms. The van der Waals surface area contributed by atoms with E-state index in [1.807, 2.05) is 38.1 Å². The van der Waals surface area contributed by atoms with Gasteiger partial charge in [0.05, 0.1) is 30.9 Å². The second kappa shape index (κ2) is 6.04. The van der Waals surface area contributed by atoms with E-state index in [4.69, 9.17) is 14.2 Å². The monoisotopic (exact) mass is 324 g/mol. The number of hydrogen-bond acceptors (Lipinski definition) is 4. The lowest BCUT2D eigenvalue weighted by Gasteiger charge is -2.30. The van der Waals surface area contributed by atoms with Crippen molar-refractivity contribution in [2.75, 3.05) is 14.2 Å². The van der Waals surface area contributed by atoms with Gasteiger partial charge in [0.25, 0.3) is 0 Å². The van der Waals surface area contributed by atoms with Crippen molar-refractivity contribution in [1.82, 2.24) is 0 Å². The van der Waals surface area contributed by atoms with E-state index in [9.17, 15) is 4.79 Å². The number of carbonyl (C=O) groups excluding carboxylic acids is 1. The first-order valence-electron chi connectivity index (χ1n) is 7.74. The number of rotatable bonds is 4. The molecule has 1 heterocycles. The largest absolute Gasteiger partial charge is 0.496 e. The maximum Gasteiger partial charge on any atom is 0.200 e. The molecule has 2 aromatic rings. The van der Waals surface area contributed by atoms with Crippen LogP contribution in [-0.2, 0) is 0 Å². The number of benzene rings is 2. The lowest BCUT2D eigenvalue weighted by molar-refractivity contribution is 0.102. The second-order valence-electron chi connectivity index (χ2n) is 6.13. The first-order valence-corrected chi connectivity index (χ1v) is 7.74. The van der Waals surface area contributed by atoms with Crippen LogP contribution in [0, 0.1) is 0 Å². The highest BCUT2D eigenvalue weighted by molar-refractivity contribution is 6.13. The quantitative estimate of drug-likeness (QED) is 0.794. The Labute approximate surface area is 141 Å². The second-order valence-corrected chi connectivity index (χ2v) is 6.13. The summed E-state index contributed by atoms with van der Waals surface area (Å²) >= 11 is 0. The maximum atomic E-state index is 13.1. The molecule has 124 valence electrons. The van der Waals surface area contributed by atoms with Gasteiger partial charge in [-0.2, -0.15) is 0 Å². The maximum absolute atomic E-state index is 13.1. The molecule has 0 fully saturated rings. The van der Waals surface area contributed by atoms with E-state index in [0.29, 0.717) is 28.4 Å². The highest BCUT2D eigenvalue weighted by Crippen LogP contribution is 2.40. The first-order chi connectivity index (χ1) is 11.5. The molecular formula is C20H20O4. The molecule has 0 radical (unpaired) electrons. The zero-order valence-electron chi connectivity index (χ0n) is 14.3. The summed E-state index contributed by atoms with van der Waals surface area (Å²) in [4.78, 5) is 13.1. The van der Waals surface area contributed by atoms with Crippen molar-refractivity contribution >= 4 is 11.9 Å². The first kappa shape index (κ1) is 16.1. The molecule has 2 aromatic carbocycles. The van der Waals surface area contributed by atoms with Crippen molar-refractivity contribution in [3.05, 3.63) is 59.2 Å². The lowest BCUT2D eigenvalue weighted by atomic mass is 9.95. The molecule has 0 unspecified atom stereocenters. The molecule has 24 heavy (non-hydrogen) atoms. The van der Waals surface area contributed by atoms with Crippen molar-refractivity contribution in [3.8, 4) is 17.2 Å². The van der Waals surface area contributed by atoms with Crippen LogP contribution in [0.1, 0.15) is 35.3 Å². The van der Waals surface area contributed by atoms with Gasteiger partial charge in [-0.25, -0.2) is 0 Å². The summed E-state index contributed by atoms with van der Waals surface area (Å²) in [6.45, 7) is 3.90. The predicted octanol–water partition coefficient (Wildman–Crippen LogP) is 4.12. The smallest absolute Gasteiger partial charge is 0.200 e. The van der Waals surface area contributed by atoms with Gasteiger partial charge in [0.15, 0.2) is 0 Å². The topological polar surface area (TPSA) is 44.8 Å². The third kappa shape index (κ3) is 2.75. The molecule has 0 aliphatic carbocycles. The van der Waals surface area contributed by atoms with Crippen LogP contribution >= 0.6 is 0 Å². The molecule has 0 N–H and O–H groups in total. The molecule has 4 nitrogen and oxygen atoms in total. The molecule has 0 atom stereocenters. The van der Waals surface area contributed by atoms with E-state index >= 15 is 0 Å². The summed E-state index contributed by atoms with van der Waals surface area (Å²) in [6, 6.07) is 10.7. The minimum atomic E-state index is -0.491. The average molecular weight is 324 g/mol. The van der Waals surface area contributed by atoms with Crippen molar-refractivity contribution in [2.45, 2.75) is 19.4 Å². The molecule has 0 aromatic heterocycles. The number of fused-ring (bicyclic) bond motifs is 1. The van der Waals surface area contributed by atoms with Gasteiger partial charge in [-0.1, -0.05) is 12.1 Å². The third-order valence-corrected chi connectivity index (χ3v) is 3.99. The van der Waals surface area contributed by atoms with Crippen molar-refractivity contribution in [2.24, 2.45) is 0 Å². The minimum absolute atomic E-state index is 0.141. The Kier molecular flexibility index (Phi) is 4.06. The van der Waals surface area contributed by atoms with Crippen LogP contribution in [0.2, 0.25) is 0 Å². The molecule has 4 heteroatoms. The standard InChI is InChI=1S/C20H20O4/c1-20(2)12-11-14-17(23-4)10-9-15(19(14)24-20)18(21)13-7-5-6-8-16(13)22-3/h5-12H,1-4H3. The number of carbonyl (C=O) groups is 1. The van der Waals surface area contributed by atoms with Crippen molar-refractivity contribution in [3.63, 3.8) is 0 Å². The third-order valence-electron chi connectivity index (χ3n) is 3.99. The molecule has 0 saturated heterocycles. The molecular weight excluding hydrogens is 304 g/mol. The molecule has 0 saturated carbocycles. The SMILES string of the molecule is COc1ccccc1C(=O)c1ccc(OC)c2c1OC(C)(C)C=C2. The van der Waals surface area contributed by atoms with E-state index in [1.165, 1.54) is 0 Å². The van der Waals surface area contributed by atoms with Gasteiger partial charge in [0.1, 0.15) is 22.8 Å². The highest BCUT2D eigenvalue weighted by atomic mass is 16.5. The molecule has 1 aliphatic heterocycles. The molecule has 1 aliphatic rings. The Bertz CT molecular complexity index is 818. The Hall–Kier alpha value is -2.75. The van der Waals surface area contributed by atoms with E-state index in [0.717, 1.165) is 5.56 Å². The zero-order valence-corrected chi connectivity index (χ0v) is 14.3. The van der Waals surface area contributed by atoms with Crippen molar-refractivity contribution in [1.29, 1.82) is 0 Å². The zero-order chi connectivity index (χ0) is 17.3. The van der Waals surface area contributed by atoms with Gasteiger partial charge in [-0.3, -0.25) is 4.79 Å². The van der Waals surface area contributed by atoms with Crippen LogP contribution in [0.5, 0.6) is 17.2 Å². The summed E-state index contributed by atoms with van der Waals surface area (Å²) in [6.07, 6.45) is 3.89. The van der Waals surface area contributed by atoms with E-state index in [-0.39, 0.29) is 5.78 Å². The average Bonchev–Trinajstić information content (AvgIpc) is 2.59. The predicted molar refractivity (Wildman–Crippen MR) is 93.2 cm³/mol. The minimum Gasteiger partial charge on any atom is -0.496 e. The van der Waals surface area contributed by atoms with Crippen LogP contribution < -0.4 is 14.2 Å². The number of methoxy groups -OCH3 is 2. The van der Waals surface area contributed by atoms with Gasteiger partial charge in [0, 0.05) is 0 Å². The van der Waals surface area contributed by atoms with Gasteiger partial charge < -0.3 is 14.2 Å². The van der Waals surface area contributed by atoms with Gasteiger partial charge in [-0.05, 0) is 50.3 Å². The van der Waals surface area contributed by atoms with E-state index in [2.05, 4.69) is 0 Å². The number of ketones is 1. The number of hydrogen-bond donors (Lipinski definition) is 0. The van der Waals surface area contributed by atoms with Crippen LogP contribution in [0.4, 0.5) is 0 Å². The van der Waals surface area contributed by atoms with Crippen LogP contribution in [0.3, 0.4) is 0 Å². The normalized spacial score (nSPS) is 14.5. The summed E-state index contributed by atoms with van der Waals surface area (Å²) in [5, 5.41) is 0. The van der Waals surface area contributed by atoms with Crippen LogP contribution in [0.25, 0.3) is 6.08 Å². The summed E-state index contributed by atoms with van der Waals surface area (Å²) in [5.74, 6) is 1.61. The van der Waals surface area contributed by atoms with Crippen LogP contribution in [-0.4, -0.2) is 25.6 Å². The lowest BCUT2D eigenvalue weighted by Crippen LogP contribution is -2.29. The Morgan fingerprint density at radius 3 is 2.38 bits per heavy atom. The fourth-order valence-corrected chi connectivity index (χ4v) is 2.76. The van der Waals surface area contributed by atoms with Gasteiger partial charge in [0.2, 0.25) is 5.78 Å². The van der Waals surface area contributed by atoms with Crippen LogP contribution in [0.15, 0.2) is 42.5 Å². The summed E-state index contributed by atoms with van der Waals surface area (Å²) in [7, 11) is 3.16.